The lowest BCUT2D eigenvalue weighted by Gasteiger charge is -2.37. The van der Waals surface area contributed by atoms with Gasteiger partial charge in [-0.25, -0.2) is 4.79 Å². The number of carbonyl (C=O) groups excluding carboxylic acids is 2. The van der Waals surface area contributed by atoms with Crippen LogP contribution in [0.5, 0.6) is 11.5 Å². The van der Waals surface area contributed by atoms with E-state index in [1.54, 1.807) is 24.3 Å². The van der Waals surface area contributed by atoms with Crippen molar-refractivity contribution in [2.24, 2.45) is 0 Å². The molecule has 0 bridgehead atoms. The summed E-state index contributed by atoms with van der Waals surface area (Å²) in [4.78, 5) is 27.7. The van der Waals surface area contributed by atoms with Crippen molar-refractivity contribution in [2.75, 3.05) is 25.7 Å². The molecule has 3 aliphatic rings. The maximum atomic E-state index is 12.9. The van der Waals surface area contributed by atoms with Crippen LogP contribution in [0.1, 0.15) is 49.6 Å². The van der Waals surface area contributed by atoms with Gasteiger partial charge < -0.3 is 19.5 Å². The monoisotopic (exact) mass is 520 g/mol. The first-order valence-corrected chi connectivity index (χ1v) is 11.8. The van der Waals surface area contributed by atoms with Gasteiger partial charge in [0.2, 0.25) is 6.79 Å². The van der Waals surface area contributed by atoms with E-state index < -0.39 is 6.10 Å². The number of fused-ring (bicyclic) bond motifs is 3. The first-order valence-electron chi connectivity index (χ1n) is 11.0. The van der Waals surface area contributed by atoms with Crippen LogP contribution in [0, 0.1) is 0 Å². The van der Waals surface area contributed by atoms with Gasteiger partial charge in [-0.3, -0.25) is 9.69 Å². The number of esters is 1. The molecule has 3 aromatic carbocycles. The lowest BCUT2D eigenvalue weighted by atomic mass is 9.86. The molecular formula is C26H21BrN2O5. The predicted octanol–water partition coefficient (Wildman–Crippen LogP) is 4.87. The van der Waals surface area contributed by atoms with E-state index in [0.29, 0.717) is 22.6 Å². The first-order chi connectivity index (χ1) is 16.5. The Morgan fingerprint density at radius 3 is 2.71 bits per heavy atom. The number of hydrogen-bond acceptors (Lipinski definition) is 6. The highest BCUT2D eigenvalue weighted by Gasteiger charge is 2.42. The highest BCUT2D eigenvalue weighted by atomic mass is 79.9. The number of ether oxygens (including phenoxy) is 3. The third kappa shape index (κ3) is 3.54. The van der Waals surface area contributed by atoms with Crippen LogP contribution in [-0.4, -0.2) is 37.2 Å². The molecule has 6 rings (SSSR count). The van der Waals surface area contributed by atoms with E-state index in [4.69, 9.17) is 14.2 Å². The Hall–Kier alpha value is -3.36. The number of halogens is 1. The topological polar surface area (TPSA) is 77.1 Å². The SMILES string of the molecule is CN1CCc2cc3c(cc2C1C1OC(=O)c2cc(NC(=O)c4cccc(Br)c4)ccc21)OCO3. The third-order valence-electron chi connectivity index (χ3n) is 6.61. The van der Waals surface area contributed by atoms with Crippen LogP contribution in [0.2, 0.25) is 0 Å². The fraction of sp³-hybridized carbons (Fsp3) is 0.231. The number of benzene rings is 3. The van der Waals surface area contributed by atoms with Gasteiger partial charge in [-0.1, -0.05) is 28.1 Å². The number of anilines is 1. The molecule has 3 aromatic rings. The van der Waals surface area contributed by atoms with Crippen molar-refractivity contribution >= 4 is 33.5 Å². The molecule has 1 amide bonds. The van der Waals surface area contributed by atoms with Gasteiger partial charge in [0.1, 0.15) is 6.10 Å². The van der Waals surface area contributed by atoms with E-state index in [1.807, 2.05) is 37.4 Å². The lowest BCUT2D eigenvalue weighted by Crippen LogP contribution is -2.36. The van der Waals surface area contributed by atoms with Crippen molar-refractivity contribution in [1.29, 1.82) is 0 Å². The van der Waals surface area contributed by atoms with Crippen molar-refractivity contribution < 1.29 is 23.8 Å². The summed E-state index contributed by atoms with van der Waals surface area (Å²) in [6, 6.07) is 16.4. The second-order valence-electron chi connectivity index (χ2n) is 8.67. The van der Waals surface area contributed by atoms with Crippen molar-refractivity contribution in [1.82, 2.24) is 4.90 Å². The summed E-state index contributed by atoms with van der Waals surface area (Å²) in [6.07, 6.45) is 0.425. The first kappa shape index (κ1) is 21.2. The minimum absolute atomic E-state index is 0.148. The van der Waals surface area contributed by atoms with Gasteiger partial charge in [0.05, 0.1) is 11.6 Å². The fourth-order valence-corrected chi connectivity index (χ4v) is 5.33. The standard InChI is InChI=1S/C26H21BrN2O5/c1-29-8-7-14-10-21-22(33-13-32-21)12-19(14)23(29)24-18-6-5-17(11-20(18)26(31)34-24)28-25(30)15-3-2-4-16(27)9-15/h2-6,9-12,23-24H,7-8,13H2,1H3,(H,28,30). The maximum Gasteiger partial charge on any atom is 0.339 e. The van der Waals surface area contributed by atoms with Crippen LogP contribution < -0.4 is 14.8 Å². The van der Waals surface area contributed by atoms with Gasteiger partial charge in [-0.2, -0.15) is 0 Å². The van der Waals surface area contributed by atoms with Crippen LogP contribution in [0.25, 0.3) is 0 Å². The summed E-state index contributed by atoms with van der Waals surface area (Å²) < 4.78 is 17.9. The molecule has 0 saturated carbocycles. The molecule has 172 valence electrons. The number of cyclic esters (lactones) is 1. The molecule has 8 heteroatoms. The summed E-state index contributed by atoms with van der Waals surface area (Å²) in [7, 11) is 2.04. The highest BCUT2D eigenvalue weighted by Crippen LogP contribution is 2.48. The second-order valence-corrected chi connectivity index (χ2v) is 9.59. The molecule has 0 spiro atoms. The average molecular weight is 521 g/mol. The van der Waals surface area contributed by atoms with Gasteiger partial charge in [0.25, 0.3) is 5.91 Å². The number of amides is 1. The summed E-state index contributed by atoms with van der Waals surface area (Å²) >= 11 is 3.38. The molecule has 1 N–H and O–H groups in total. The van der Waals surface area contributed by atoms with Gasteiger partial charge in [-0.05, 0) is 67.1 Å². The van der Waals surface area contributed by atoms with Gasteiger partial charge >= 0.3 is 5.97 Å². The zero-order valence-corrected chi connectivity index (χ0v) is 19.9. The van der Waals surface area contributed by atoms with Crippen LogP contribution in [0.3, 0.4) is 0 Å². The molecule has 7 nitrogen and oxygen atoms in total. The molecule has 0 aromatic heterocycles. The van der Waals surface area contributed by atoms with Crippen LogP contribution >= 0.6 is 15.9 Å². The van der Waals surface area contributed by atoms with Crippen molar-refractivity contribution in [3.05, 3.63) is 86.9 Å². The van der Waals surface area contributed by atoms with E-state index in [2.05, 4.69) is 26.1 Å². The zero-order chi connectivity index (χ0) is 23.4. The van der Waals surface area contributed by atoms with Gasteiger partial charge in [-0.15, -0.1) is 0 Å². The Morgan fingerprint density at radius 2 is 1.88 bits per heavy atom. The molecule has 0 fully saturated rings. The van der Waals surface area contributed by atoms with E-state index in [1.165, 1.54) is 5.56 Å². The highest BCUT2D eigenvalue weighted by molar-refractivity contribution is 9.10. The molecule has 3 heterocycles. The number of rotatable bonds is 3. The number of carbonyl (C=O) groups is 2. The molecule has 2 atom stereocenters. The molecular weight excluding hydrogens is 500 g/mol. The average Bonchev–Trinajstić information content (AvgIpc) is 3.41. The number of nitrogens with zero attached hydrogens (tertiary/aromatic N) is 1. The Bertz CT molecular complexity index is 1340. The van der Waals surface area contributed by atoms with Gasteiger partial charge in [0, 0.05) is 27.8 Å². The maximum absolute atomic E-state index is 12.9. The number of hydrogen-bond donors (Lipinski definition) is 1. The van der Waals surface area contributed by atoms with E-state index in [0.717, 1.165) is 34.3 Å². The quantitative estimate of drug-likeness (QED) is 0.496. The Balaban J connectivity index is 1.32. The summed E-state index contributed by atoms with van der Waals surface area (Å²) in [6.45, 7) is 1.05. The summed E-state index contributed by atoms with van der Waals surface area (Å²) in [5.74, 6) is 0.840. The fourth-order valence-electron chi connectivity index (χ4n) is 4.93. The second kappa shape index (κ2) is 8.14. The Labute approximate surface area is 204 Å². The van der Waals surface area contributed by atoms with Crippen molar-refractivity contribution in [3.8, 4) is 11.5 Å². The van der Waals surface area contributed by atoms with Crippen molar-refractivity contribution in [2.45, 2.75) is 18.6 Å². The summed E-state index contributed by atoms with van der Waals surface area (Å²) in [5, 5.41) is 2.87. The number of nitrogens with one attached hydrogen (secondary N) is 1. The summed E-state index contributed by atoms with van der Waals surface area (Å²) in [5.41, 5.74) is 4.60. The van der Waals surface area contributed by atoms with Gasteiger partial charge in [0.15, 0.2) is 11.5 Å². The molecule has 34 heavy (non-hydrogen) atoms. The molecule has 0 aliphatic carbocycles. The minimum atomic E-state index is -0.457. The van der Waals surface area contributed by atoms with Crippen LogP contribution in [0.15, 0.2) is 59.1 Å². The largest absolute Gasteiger partial charge is 0.454 e. The Kier molecular flexibility index (Phi) is 5.08. The minimum Gasteiger partial charge on any atom is -0.454 e. The van der Waals surface area contributed by atoms with E-state index in [9.17, 15) is 9.59 Å². The third-order valence-corrected chi connectivity index (χ3v) is 7.10. The molecule has 2 unspecified atom stereocenters. The Morgan fingerprint density at radius 1 is 1.06 bits per heavy atom. The lowest BCUT2D eigenvalue weighted by molar-refractivity contribution is 0.00942. The van der Waals surface area contributed by atoms with E-state index in [-0.39, 0.29) is 24.7 Å². The number of likely N-dealkylation sites (N-methyl/N-ethyl adjacent to an activating group) is 1. The normalized spacial score (nSPS) is 20.5. The smallest absolute Gasteiger partial charge is 0.339 e. The van der Waals surface area contributed by atoms with Crippen LogP contribution in [-0.2, 0) is 11.2 Å². The van der Waals surface area contributed by atoms with E-state index >= 15 is 0 Å². The molecule has 0 saturated heterocycles. The predicted molar refractivity (Wildman–Crippen MR) is 128 cm³/mol. The van der Waals surface area contributed by atoms with Crippen LogP contribution in [0.4, 0.5) is 5.69 Å². The van der Waals surface area contributed by atoms with Crippen molar-refractivity contribution in [3.63, 3.8) is 0 Å². The molecule has 3 aliphatic heterocycles. The zero-order valence-electron chi connectivity index (χ0n) is 18.3. The molecule has 0 radical (unpaired) electrons.